The van der Waals surface area contributed by atoms with Crippen molar-refractivity contribution in [1.82, 2.24) is 27.7 Å². The van der Waals surface area contributed by atoms with Gasteiger partial charge in [0.25, 0.3) is 20.0 Å². The largest absolute Gasteiger partial charge is 0.288 e. The molecule has 1 aliphatic rings. The van der Waals surface area contributed by atoms with E-state index in [0.29, 0.717) is 28.8 Å². The Morgan fingerprint density at radius 2 is 0.820 bits per heavy atom. The third-order valence-corrected chi connectivity index (χ3v) is 25.7. The molecule has 0 N–H and O–H groups in total. The van der Waals surface area contributed by atoms with Gasteiger partial charge in [0, 0.05) is 93.0 Å². The number of nitrogens with zero attached hydrogens (tertiary/aromatic N) is 7. The zero-order valence-electron chi connectivity index (χ0n) is 50.4. The molecule has 0 bridgehead atoms. The normalized spacial score (nSPS) is 12.6. The van der Waals surface area contributed by atoms with Crippen LogP contribution in [0.1, 0.15) is 63.8 Å². The lowest BCUT2D eigenvalue weighted by atomic mass is 9.77. The molecule has 0 amide bonds. The van der Waals surface area contributed by atoms with Gasteiger partial charge in [0.15, 0.2) is 11.3 Å². The molecule has 0 atom stereocenters. The van der Waals surface area contributed by atoms with Gasteiger partial charge in [-0.25, -0.2) is 34.7 Å². The van der Waals surface area contributed by atoms with E-state index >= 15 is 0 Å². The van der Waals surface area contributed by atoms with Gasteiger partial charge in [-0.15, -0.1) is 0 Å². The molecular formula is C73H69N7O4S4Si. The first-order valence-corrected chi connectivity index (χ1v) is 36.2. The molecule has 0 unspecified atom stereocenters. The summed E-state index contributed by atoms with van der Waals surface area (Å²) in [5.74, 6) is 0. The number of allylic oxidation sites excluding steroid dienone is 1. The number of hydrogen-bond donors (Lipinski definition) is 0. The number of benzene rings is 7. The fourth-order valence-electron chi connectivity index (χ4n) is 12.1. The maximum absolute atomic E-state index is 14.1. The van der Waals surface area contributed by atoms with E-state index in [0.717, 1.165) is 75.0 Å². The molecule has 89 heavy (non-hydrogen) atoms. The van der Waals surface area contributed by atoms with Gasteiger partial charge in [-0.2, -0.15) is 5.10 Å². The van der Waals surface area contributed by atoms with Crippen LogP contribution in [0.3, 0.4) is 0 Å². The van der Waals surface area contributed by atoms with Crippen molar-refractivity contribution in [3.8, 4) is 11.1 Å². The van der Waals surface area contributed by atoms with Crippen molar-refractivity contribution < 1.29 is 16.8 Å². The summed E-state index contributed by atoms with van der Waals surface area (Å²) in [6.45, 7) is 14.9. The van der Waals surface area contributed by atoms with Gasteiger partial charge in [0.2, 0.25) is 0 Å². The maximum atomic E-state index is 14.1. The quantitative estimate of drug-likeness (QED) is 0.0645. The van der Waals surface area contributed by atoms with E-state index in [-0.39, 0.29) is 9.79 Å². The molecule has 7 aromatic carbocycles. The molecule has 0 saturated carbocycles. The fourth-order valence-corrected chi connectivity index (χ4v) is 21.1. The molecule has 5 aromatic heterocycles. The molecule has 6 heterocycles. The predicted octanol–water partition coefficient (Wildman–Crippen LogP) is 17.5. The average Bonchev–Trinajstić information content (AvgIpc) is 1.89. The molecule has 13 rings (SSSR count). The van der Waals surface area contributed by atoms with Gasteiger partial charge >= 0.3 is 0 Å². The van der Waals surface area contributed by atoms with Crippen molar-refractivity contribution in [2.45, 2.75) is 93.1 Å². The summed E-state index contributed by atoms with van der Waals surface area (Å²) in [4.78, 5) is 18.0. The molecule has 0 radical (unpaired) electrons. The highest BCUT2D eigenvalue weighted by Crippen LogP contribution is 2.43. The van der Waals surface area contributed by atoms with Crippen LogP contribution in [0.15, 0.2) is 302 Å². The van der Waals surface area contributed by atoms with Crippen molar-refractivity contribution in [2.75, 3.05) is 6.54 Å². The van der Waals surface area contributed by atoms with Crippen molar-refractivity contribution in [2.24, 2.45) is 4.99 Å². The second-order valence-corrected chi connectivity index (χ2v) is 33.8. The Labute approximate surface area is 532 Å². The molecule has 448 valence electrons. The summed E-state index contributed by atoms with van der Waals surface area (Å²) in [7, 11) is -8.18. The van der Waals surface area contributed by atoms with Crippen LogP contribution < -0.4 is 0 Å². The summed E-state index contributed by atoms with van der Waals surface area (Å²) in [6, 6.07) is 72.0. The minimum absolute atomic E-state index is 0.190. The van der Waals surface area contributed by atoms with Crippen LogP contribution in [0.2, 0.25) is 16.6 Å². The number of fused-ring (bicyclic) bond motifs is 2. The highest BCUT2D eigenvalue weighted by Gasteiger charge is 2.40. The second-order valence-electron chi connectivity index (χ2n) is 22.7. The van der Waals surface area contributed by atoms with E-state index in [1.54, 1.807) is 115 Å². The van der Waals surface area contributed by atoms with Crippen molar-refractivity contribution in [1.29, 1.82) is 0 Å². The summed E-state index contributed by atoms with van der Waals surface area (Å²) in [6.07, 6.45) is 14.4. The van der Waals surface area contributed by atoms with Crippen molar-refractivity contribution >= 4 is 86.2 Å². The minimum atomic E-state index is -3.95. The lowest BCUT2D eigenvalue weighted by Gasteiger charge is -2.36. The molecule has 12 aromatic rings. The van der Waals surface area contributed by atoms with Gasteiger partial charge in [-0.05, 0) is 82.9 Å². The van der Waals surface area contributed by atoms with E-state index in [1.807, 2.05) is 151 Å². The molecule has 11 nitrogen and oxygen atoms in total. The Bertz CT molecular complexity index is 4530. The molecule has 16 heteroatoms. The Morgan fingerprint density at radius 1 is 0.449 bits per heavy atom. The minimum Gasteiger partial charge on any atom is -0.288 e. The molecule has 0 aliphatic carbocycles. The number of aromatic nitrogens is 6. The standard InChI is InChI=1S/C41H30N4O2S2.C23H17N3O2S2.C9H22Si/c46-49(47,37-24-14-5-15-25-37)44-30-39(38-26-36(28-42-40(38)44)48-35-22-12-4-13-23-35)31-27-43-45(29-31)41(32-16-6-1-7-17-32,33-18-8-2-9-19-33)34-20-10-3-11-21-34;27-30(28,20-9-5-2-6-10-20)26-16-22(17-11-12-24-14-17)21-13-19(15-25-23(21)26)29-18-7-3-1-4-8-18;1-7(2)10(8(3)4)9(5)6/h1-30H;1-11,13-16H,12H2;7-10H,1-6H3. The Kier molecular flexibility index (Phi) is 19.1. The summed E-state index contributed by atoms with van der Waals surface area (Å²) >= 11 is 3.17. The number of hydrogen-bond acceptors (Lipinski definition) is 10. The summed E-state index contributed by atoms with van der Waals surface area (Å²) in [5.41, 5.74) is 9.19. The third-order valence-electron chi connectivity index (χ3n) is 15.8. The average molecular weight is 1260 g/mol. The Morgan fingerprint density at radius 3 is 1.19 bits per heavy atom. The topological polar surface area (TPSA) is 134 Å². The fraction of sp³-hybridized carbons (Fsp3) is 0.151. The van der Waals surface area contributed by atoms with Gasteiger partial charge in [-0.3, -0.25) is 9.67 Å². The first kappa shape index (κ1) is 62.0. The van der Waals surface area contributed by atoms with Crippen LogP contribution >= 0.6 is 23.5 Å². The third kappa shape index (κ3) is 13.2. The Balaban J connectivity index is 0.000000172. The zero-order chi connectivity index (χ0) is 62.1. The van der Waals surface area contributed by atoms with E-state index in [1.165, 1.54) is 7.94 Å². The number of rotatable bonds is 17. The van der Waals surface area contributed by atoms with Gasteiger partial charge < -0.3 is 0 Å². The highest BCUT2D eigenvalue weighted by molar-refractivity contribution is 7.99. The van der Waals surface area contributed by atoms with Crippen LogP contribution in [0.4, 0.5) is 0 Å². The molecule has 0 fully saturated rings. The highest BCUT2D eigenvalue weighted by atomic mass is 32.2. The van der Waals surface area contributed by atoms with Crippen molar-refractivity contribution in [3.63, 3.8) is 0 Å². The van der Waals surface area contributed by atoms with Crippen LogP contribution in [0.25, 0.3) is 38.8 Å². The maximum Gasteiger partial charge on any atom is 0.269 e. The lowest BCUT2D eigenvalue weighted by Crippen LogP contribution is -2.38. The SMILES string of the molecule is CC(C)[SiH](C(C)C)C(C)C.O=S(=O)(c1ccccc1)n1cc(-c2cnn(C(c3ccccc3)(c3ccccc3)c3ccccc3)c2)c2cc(Sc3ccccc3)cnc21.O=S(=O)(c1ccccc1)n1cc(C2=CCN=C2)c2cc(Sc3ccccc3)cnc21. The first-order chi connectivity index (χ1) is 43.1. The van der Waals surface area contributed by atoms with Crippen LogP contribution in [0.5, 0.6) is 0 Å². The van der Waals surface area contributed by atoms with Gasteiger partial charge in [0.05, 0.1) is 22.5 Å². The van der Waals surface area contributed by atoms with Crippen LogP contribution in [-0.4, -0.2) is 66.1 Å². The van der Waals surface area contributed by atoms with Gasteiger partial charge in [0.1, 0.15) is 5.54 Å². The smallest absolute Gasteiger partial charge is 0.269 e. The van der Waals surface area contributed by atoms with Crippen molar-refractivity contribution in [3.05, 3.63) is 290 Å². The van der Waals surface area contributed by atoms with Crippen LogP contribution in [0, 0.1) is 0 Å². The number of pyridine rings is 2. The number of aliphatic imine (C=N–C) groups is 1. The molecular weight excluding hydrogens is 1200 g/mol. The summed E-state index contributed by atoms with van der Waals surface area (Å²) < 4.78 is 59.4. The lowest BCUT2D eigenvalue weighted by molar-refractivity contribution is 0.460. The second kappa shape index (κ2) is 27.4. The van der Waals surface area contributed by atoms with E-state index in [9.17, 15) is 16.8 Å². The van der Waals surface area contributed by atoms with Gasteiger partial charge in [-0.1, -0.05) is 252 Å². The van der Waals surface area contributed by atoms with E-state index in [4.69, 9.17) is 10.1 Å². The van der Waals surface area contributed by atoms with Crippen LogP contribution in [-0.2, 0) is 25.6 Å². The first-order valence-electron chi connectivity index (χ1n) is 29.7. The summed E-state index contributed by atoms with van der Waals surface area (Å²) in [5, 5.41) is 6.55. The Hall–Kier alpha value is -8.64. The molecule has 1 aliphatic heterocycles. The molecule has 0 spiro atoms. The predicted molar refractivity (Wildman–Crippen MR) is 368 cm³/mol. The monoisotopic (exact) mass is 1260 g/mol. The van der Waals surface area contributed by atoms with E-state index < -0.39 is 34.4 Å². The van der Waals surface area contributed by atoms with E-state index in [2.05, 4.69) is 87.9 Å². The molecule has 0 saturated heterocycles. The zero-order valence-corrected chi connectivity index (χ0v) is 54.8.